The number of aryl methyl sites for hydroxylation is 1. The number of nitro groups is 1. The fraction of sp³-hybridized carbons (Fsp3) is 0.308. The highest BCUT2D eigenvalue weighted by atomic mass is 16.6. The minimum absolute atomic E-state index is 0.0590. The van der Waals surface area contributed by atoms with Gasteiger partial charge in [-0.3, -0.25) is 14.9 Å². The smallest absolute Gasteiger partial charge is 0.270 e. The van der Waals surface area contributed by atoms with Crippen LogP contribution in [0.5, 0.6) is 0 Å². The molecule has 0 aliphatic carbocycles. The van der Waals surface area contributed by atoms with Gasteiger partial charge in [0.1, 0.15) is 0 Å². The van der Waals surface area contributed by atoms with Crippen LogP contribution in [0.4, 0.5) is 5.69 Å². The number of hydrogen-bond acceptors (Lipinski definition) is 3. The molecule has 2 rings (SSSR count). The van der Waals surface area contributed by atoms with E-state index >= 15 is 0 Å². The van der Waals surface area contributed by atoms with Crippen molar-refractivity contribution in [2.75, 3.05) is 14.1 Å². The Balaban J connectivity index is 2.21. The lowest BCUT2D eigenvalue weighted by Crippen LogP contribution is -2.22. The first-order valence-electron chi connectivity index (χ1n) is 5.92. The summed E-state index contributed by atoms with van der Waals surface area (Å²) in [5.74, 6) is 0.0590. The molecule has 0 saturated heterocycles. The maximum absolute atomic E-state index is 11.5. The van der Waals surface area contributed by atoms with E-state index in [2.05, 4.69) is 0 Å². The highest BCUT2D eigenvalue weighted by Crippen LogP contribution is 2.22. The molecule has 0 aliphatic heterocycles. The molecule has 1 amide bonds. The zero-order chi connectivity index (χ0) is 14.0. The van der Waals surface area contributed by atoms with E-state index in [1.807, 2.05) is 16.8 Å². The number of aromatic nitrogens is 1. The highest BCUT2D eigenvalue weighted by Gasteiger charge is 2.10. The summed E-state index contributed by atoms with van der Waals surface area (Å²) in [6.07, 6.45) is 2.26. The molecule has 0 spiro atoms. The van der Waals surface area contributed by atoms with Crippen molar-refractivity contribution in [3.63, 3.8) is 0 Å². The van der Waals surface area contributed by atoms with E-state index in [9.17, 15) is 14.9 Å². The summed E-state index contributed by atoms with van der Waals surface area (Å²) in [5, 5.41) is 11.5. The Kier molecular flexibility index (Phi) is 3.50. The van der Waals surface area contributed by atoms with Crippen molar-refractivity contribution in [2.24, 2.45) is 0 Å². The molecule has 6 nitrogen and oxygen atoms in total. The first-order chi connectivity index (χ1) is 8.99. The fourth-order valence-corrected chi connectivity index (χ4v) is 1.94. The SMILES string of the molecule is CN(C)C(=O)CCn1ccc2cc([N+](=O)[O-])ccc21. The maximum atomic E-state index is 11.5. The summed E-state index contributed by atoms with van der Waals surface area (Å²) in [5.41, 5.74) is 0.978. The Hall–Kier alpha value is -2.37. The second-order valence-corrected chi connectivity index (χ2v) is 4.55. The number of benzene rings is 1. The Morgan fingerprint density at radius 1 is 1.37 bits per heavy atom. The topological polar surface area (TPSA) is 68.4 Å². The largest absolute Gasteiger partial charge is 0.349 e. The standard InChI is InChI=1S/C13H15N3O3/c1-14(2)13(17)6-8-15-7-5-10-9-11(16(18)19)3-4-12(10)15/h3-5,7,9H,6,8H2,1-2H3. The van der Waals surface area contributed by atoms with Crippen LogP contribution in [0.25, 0.3) is 10.9 Å². The molecule has 0 aliphatic rings. The molecule has 0 N–H and O–H groups in total. The molecular formula is C13H15N3O3. The van der Waals surface area contributed by atoms with Gasteiger partial charge in [-0.1, -0.05) is 0 Å². The number of fused-ring (bicyclic) bond motifs is 1. The highest BCUT2D eigenvalue weighted by molar-refractivity contribution is 5.83. The number of carbonyl (C=O) groups excluding carboxylic acids is 1. The average Bonchev–Trinajstić information content (AvgIpc) is 2.77. The molecule has 1 aromatic heterocycles. The van der Waals surface area contributed by atoms with Crippen LogP contribution in [0.1, 0.15) is 6.42 Å². The van der Waals surface area contributed by atoms with E-state index in [4.69, 9.17) is 0 Å². The third-order valence-electron chi connectivity index (χ3n) is 3.03. The van der Waals surface area contributed by atoms with Crippen LogP contribution in [0.2, 0.25) is 0 Å². The third kappa shape index (κ3) is 2.73. The quantitative estimate of drug-likeness (QED) is 0.624. The number of rotatable bonds is 4. The van der Waals surface area contributed by atoms with Crippen molar-refractivity contribution < 1.29 is 9.72 Å². The van der Waals surface area contributed by atoms with E-state index in [1.165, 1.54) is 6.07 Å². The summed E-state index contributed by atoms with van der Waals surface area (Å²) in [4.78, 5) is 23.4. The van der Waals surface area contributed by atoms with Crippen molar-refractivity contribution in [3.8, 4) is 0 Å². The summed E-state index contributed by atoms with van der Waals surface area (Å²) < 4.78 is 1.93. The average molecular weight is 261 g/mol. The summed E-state index contributed by atoms with van der Waals surface area (Å²) in [7, 11) is 3.44. The summed E-state index contributed by atoms with van der Waals surface area (Å²) >= 11 is 0. The minimum Gasteiger partial charge on any atom is -0.349 e. The Labute approximate surface area is 110 Å². The number of hydrogen-bond donors (Lipinski definition) is 0. The van der Waals surface area contributed by atoms with Crippen molar-refractivity contribution in [2.45, 2.75) is 13.0 Å². The third-order valence-corrected chi connectivity index (χ3v) is 3.03. The predicted octanol–water partition coefficient (Wildman–Crippen LogP) is 2.03. The van der Waals surface area contributed by atoms with Gasteiger partial charge in [0, 0.05) is 56.3 Å². The minimum atomic E-state index is -0.410. The molecular weight excluding hydrogens is 246 g/mol. The molecule has 2 aromatic rings. The molecule has 0 atom stereocenters. The van der Waals surface area contributed by atoms with Crippen LogP contribution >= 0.6 is 0 Å². The number of amides is 1. The second kappa shape index (κ2) is 5.09. The van der Waals surface area contributed by atoms with Crippen LogP contribution in [-0.2, 0) is 11.3 Å². The molecule has 0 bridgehead atoms. The van der Waals surface area contributed by atoms with Crippen LogP contribution in [0.15, 0.2) is 30.5 Å². The maximum Gasteiger partial charge on any atom is 0.270 e. The molecule has 1 aromatic carbocycles. The van der Waals surface area contributed by atoms with E-state index in [0.29, 0.717) is 13.0 Å². The van der Waals surface area contributed by atoms with Gasteiger partial charge in [0.15, 0.2) is 0 Å². The van der Waals surface area contributed by atoms with Crippen molar-refractivity contribution >= 4 is 22.5 Å². The number of nitrogens with zero attached hydrogens (tertiary/aromatic N) is 3. The molecule has 0 saturated carbocycles. The zero-order valence-corrected chi connectivity index (χ0v) is 10.9. The predicted molar refractivity (Wildman–Crippen MR) is 71.9 cm³/mol. The molecule has 6 heteroatoms. The number of non-ortho nitro benzene ring substituents is 1. The first-order valence-corrected chi connectivity index (χ1v) is 5.92. The number of nitro benzene ring substituents is 1. The van der Waals surface area contributed by atoms with Gasteiger partial charge in [0.25, 0.3) is 5.69 Å². The molecule has 0 unspecified atom stereocenters. The van der Waals surface area contributed by atoms with Crippen LogP contribution in [0, 0.1) is 10.1 Å². The normalized spacial score (nSPS) is 10.6. The van der Waals surface area contributed by atoms with Gasteiger partial charge in [0.05, 0.1) is 4.92 Å². The molecule has 100 valence electrons. The Morgan fingerprint density at radius 3 is 2.74 bits per heavy atom. The van der Waals surface area contributed by atoms with Crippen LogP contribution in [0.3, 0.4) is 0 Å². The van der Waals surface area contributed by atoms with Crippen molar-refractivity contribution in [1.82, 2.24) is 9.47 Å². The zero-order valence-electron chi connectivity index (χ0n) is 10.9. The fourth-order valence-electron chi connectivity index (χ4n) is 1.94. The van der Waals surface area contributed by atoms with E-state index in [0.717, 1.165) is 10.9 Å². The van der Waals surface area contributed by atoms with Gasteiger partial charge < -0.3 is 9.47 Å². The molecule has 0 radical (unpaired) electrons. The lowest BCUT2D eigenvalue weighted by Gasteiger charge is -2.11. The molecule has 1 heterocycles. The summed E-state index contributed by atoms with van der Waals surface area (Å²) in [6, 6.07) is 6.56. The van der Waals surface area contributed by atoms with E-state index in [1.54, 1.807) is 31.1 Å². The Morgan fingerprint density at radius 2 is 2.11 bits per heavy atom. The van der Waals surface area contributed by atoms with Gasteiger partial charge in [-0.15, -0.1) is 0 Å². The Bertz CT molecular complexity index is 631. The summed E-state index contributed by atoms with van der Waals surface area (Å²) in [6.45, 7) is 0.568. The van der Waals surface area contributed by atoms with Gasteiger partial charge >= 0.3 is 0 Å². The van der Waals surface area contributed by atoms with Crippen LogP contribution in [-0.4, -0.2) is 34.4 Å². The van der Waals surface area contributed by atoms with E-state index < -0.39 is 4.92 Å². The lowest BCUT2D eigenvalue weighted by molar-refractivity contribution is -0.384. The van der Waals surface area contributed by atoms with Gasteiger partial charge in [0.2, 0.25) is 5.91 Å². The number of carbonyl (C=O) groups is 1. The van der Waals surface area contributed by atoms with E-state index in [-0.39, 0.29) is 11.6 Å². The van der Waals surface area contributed by atoms with Crippen molar-refractivity contribution in [1.29, 1.82) is 0 Å². The van der Waals surface area contributed by atoms with Gasteiger partial charge in [-0.2, -0.15) is 0 Å². The van der Waals surface area contributed by atoms with Crippen LogP contribution < -0.4 is 0 Å². The molecule has 19 heavy (non-hydrogen) atoms. The first kappa shape index (κ1) is 13.1. The second-order valence-electron chi connectivity index (χ2n) is 4.55. The van der Waals surface area contributed by atoms with Gasteiger partial charge in [-0.05, 0) is 12.1 Å². The van der Waals surface area contributed by atoms with Gasteiger partial charge in [-0.25, -0.2) is 0 Å². The van der Waals surface area contributed by atoms with Crippen molar-refractivity contribution in [3.05, 3.63) is 40.6 Å². The molecule has 0 fully saturated rings. The monoisotopic (exact) mass is 261 g/mol. The lowest BCUT2D eigenvalue weighted by atomic mass is 10.2.